The first kappa shape index (κ1) is 29.2. The molecule has 1 N–H and O–H groups in total. The Balaban J connectivity index is 1.53. The summed E-state index contributed by atoms with van der Waals surface area (Å²) in [5.74, 6) is 1.40. The monoisotopic (exact) mass is 581 g/mol. The van der Waals surface area contributed by atoms with Crippen molar-refractivity contribution in [1.29, 1.82) is 0 Å². The number of nitrogens with one attached hydrogen (secondary N) is 1. The van der Waals surface area contributed by atoms with Crippen molar-refractivity contribution >= 4 is 52.1 Å². The number of hydrogen-bond donors (Lipinski definition) is 1. The van der Waals surface area contributed by atoms with Crippen molar-refractivity contribution in [3.8, 4) is 17.2 Å². The second-order valence-electron chi connectivity index (χ2n) is 9.21. The largest absolute Gasteiger partial charge is 0.494 e. The number of carbonyl (C=O) groups is 2. The number of methoxy groups -OCH3 is 2. The molecule has 1 atom stereocenters. The van der Waals surface area contributed by atoms with Crippen LogP contribution in [0.4, 0.5) is 11.4 Å². The highest BCUT2D eigenvalue weighted by Gasteiger charge is 2.44. The highest BCUT2D eigenvalue weighted by Crippen LogP contribution is 2.31. The Labute approximate surface area is 244 Å². The summed E-state index contributed by atoms with van der Waals surface area (Å²) in [5.41, 5.74) is 2.15. The van der Waals surface area contributed by atoms with Gasteiger partial charge in [-0.1, -0.05) is 30.7 Å². The molecule has 0 bridgehead atoms. The molecule has 40 heavy (non-hydrogen) atoms. The number of thiocarbonyl (C=S) groups is 1. The molecule has 3 aromatic carbocycles. The number of carbonyl (C=O) groups excluding carboxylic acids is 2. The number of amides is 2. The van der Waals surface area contributed by atoms with Crippen LogP contribution in [0.3, 0.4) is 0 Å². The fourth-order valence-corrected chi connectivity index (χ4v) is 5.07. The van der Waals surface area contributed by atoms with Crippen LogP contribution in [0.25, 0.3) is 0 Å². The summed E-state index contributed by atoms with van der Waals surface area (Å²) in [4.78, 5) is 30.1. The van der Waals surface area contributed by atoms with Gasteiger partial charge in [0.2, 0.25) is 5.91 Å². The fraction of sp³-hybridized carbons (Fsp3) is 0.300. The van der Waals surface area contributed by atoms with E-state index in [0.717, 1.165) is 17.7 Å². The lowest BCUT2D eigenvalue weighted by Crippen LogP contribution is -2.39. The first-order valence-corrected chi connectivity index (χ1v) is 13.8. The van der Waals surface area contributed by atoms with Crippen molar-refractivity contribution in [1.82, 2.24) is 4.90 Å². The summed E-state index contributed by atoms with van der Waals surface area (Å²) in [6, 6.07) is 19.0. The first-order valence-electron chi connectivity index (χ1n) is 13.0. The molecule has 210 valence electrons. The number of ether oxygens (including phenoxy) is 3. The van der Waals surface area contributed by atoms with Crippen molar-refractivity contribution in [2.24, 2.45) is 0 Å². The van der Waals surface area contributed by atoms with Gasteiger partial charge in [-0.05, 0) is 85.2 Å². The number of benzene rings is 3. The maximum atomic E-state index is 13.7. The van der Waals surface area contributed by atoms with E-state index in [-0.39, 0.29) is 18.2 Å². The Morgan fingerprint density at radius 3 is 2.45 bits per heavy atom. The number of halogens is 1. The number of anilines is 2. The van der Waals surface area contributed by atoms with Gasteiger partial charge >= 0.3 is 0 Å². The van der Waals surface area contributed by atoms with E-state index in [9.17, 15) is 9.59 Å². The van der Waals surface area contributed by atoms with Gasteiger partial charge in [0, 0.05) is 17.3 Å². The molecule has 0 radical (unpaired) electrons. The van der Waals surface area contributed by atoms with E-state index in [1.54, 1.807) is 67.7 Å². The third kappa shape index (κ3) is 6.84. The molecule has 2 amide bonds. The van der Waals surface area contributed by atoms with Gasteiger partial charge in [-0.2, -0.15) is 0 Å². The maximum absolute atomic E-state index is 13.7. The van der Waals surface area contributed by atoms with E-state index in [1.807, 2.05) is 25.1 Å². The van der Waals surface area contributed by atoms with Crippen LogP contribution in [0.2, 0.25) is 5.02 Å². The number of nitrogens with zero attached hydrogens (tertiary/aromatic N) is 2. The van der Waals surface area contributed by atoms with Crippen LogP contribution >= 0.6 is 23.8 Å². The zero-order valence-electron chi connectivity index (χ0n) is 22.7. The molecule has 1 aliphatic heterocycles. The standard InChI is InChI=1S/C30H32ClN3O5S/c1-4-16-39-24-11-9-22(10-12-24)32-28(35)19-25-29(36)34(23-7-5-6-21(31)18-23)30(40)33(25)15-14-20-8-13-26(37-2)27(17-20)38-3/h5-13,17-18,25H,4,14-16,19H2,1-3H3,(H,32,35). The molecule has 0 aliphatic carbocycles. The van der Waals surface area contributed by atoms with E-state index in [4.69, 9.17) is 38.0 Å². The zero-order chi connectivity index (χ0) is 28.6. The minimum absolute atomic E-state index is 0.0734. The number of hydrogen-bond acceptors (Lipinski definition) is 6. The lowest BCUT2D eigenvalue weighted by atomic mass is 10.1. The molecule has 4 rings (SSSR count). The van der Waals surface area contributed by atoms with E-state index in [1.165, 1.54) is 4.90 Å². The normalized spacial score (nSPS) is 14.8. The Morgan fingerprint density at radius 1 is 1.02 bits per heavy atom. The maximum Gasteiger partial charge on any atom is 0.256 e. The average molecular weight is 582 g/mol. The lowest BCUT2D eigenvalue weighted by Gasteiger charge is -2.24. The highest BCUT2D eigenvalue weighted by molar-refractivity contribution is 7.80. The zero-order valence-corrected chi connectivity index (χ0v) is 24.3. The van der Waals surface area contributed by atoms with Crippen LogP contribution in [0.1, 0.15) is 25.3 Å². The Morgan fingerprint density at radius 2 is 1.77 bits per heavy atom. The molecule has 1 fully saturated rings. The first-order chi connectivity index (χ1) is 19.3. The Kier molecular flexibility index (Phi) is 9.84. The minimum Gasteiger partial charge on any atom is -0.494 e. The molecule has 1 aliphatic rings. The molecule has 0 spiro atoms. The molecular weight excluding hydrogens is 550 g/mol. The quantitative estimate of drug-likeness (QED) is 0.274. The summed E-state index contributed by atoms with van der Waals surface area (Å²) < 4.78 is 16.4. The van der Waals surface area contributed by atoms with E-state index < -0.39 is 6.04 Å². The third-order valence-corrected chi connectivity index (χ3v) is 7.12. The molecule has 3 aromatic rings. The SMILES string of the molecule is CCCOc1ccc(NC(=O)CC2C(=O)N(c3cccc(Cl)c3)C(=S)N2CCc2ccc(OC)c(OC)c2)cc1. The van der Waals surface area contributed by atoms with E-state index >= 15 is 0 Å². The second kappa shape index (κ2) is 13.5. The van der Waals surface area contributed by atoms with Gasteiger partial charge in [0.05, 0.1) is 32.9 Å². The van der Waals surface area contributed by atoms with Gasteiger partial charge in [0.25, 0.3) is 5.91 Å². The lowest BCUT2D eigenvalue weighted by molar-refractivity contribution is -0.124. The molecule has 0 aromatic heterocycles. The van der Waals surface area contributed by atoms with Crippen molar-refractivity contribution in [3.63, 3.8) is 0 Å². The molecule has 1 heterocycles. The van der Waals surface area contributed by atoms with Crippen LogP contribution in [-0.2, 0) is 16.0 Å². The van der Waals surface area contributed by atoms with Crippen LogP contribution in [0.15, 0.2) is 66.7 Å². The molecule has 1 unspecified atom stereocenters. The molecular formula is C30H32ClN3O5S. The van der Waals surface area contributed by atoms with Gasteiger partial charge in [-0.25, -0.2) is 0 Å². The van der Waals surface area contributed by atoms with Crippen LogP contribution < -0.4 is 24.4 Å². The topological polar surface area (TPSA) is 80.3 Å². The van der Waals surface area contributed by atoms with Gasteiger partial charge in [-0.3, -0.25) is 14.5 Å². The predicted molar refractivity (Wildman–Crippen MR) is 161 cm³/mol. The average Bonchev–Trinajstić information content (AvgIpc) is 3.19. The van der Waals surface area contributed by atoms with Crippen LogP contribution in [0.5, 0.6) is 17.2 Å². The fourth-order valence-electron chi connectivity index (χ4n) is 4.47. The summed E-state index contributed by atoms with van der Waals surface area (Å²) in [7, 11) is 3.17. The molecule has 10 heteroatoms. The smallest absolute Gasteiger partial charge is 0.256 e. The summed E-state index contributed by atoms with van der Waals surface area (Å²) in [6.07, 6.45) is 1.40. The Bertz CT molecular complexity index is 1370. The van der Waals surface area contributed by atoms with Gasteiger partial charge in [0.1, 0.15) is 11.8 Å². The summed E-state index contributed by atoms with van der Waals surface area (Å²) in [6.45, 7) is 3.07. The minimum atomic E-state index is -0.779. The van der Waals surface area contributed by atoms with Gasteiger partial charge in [-0.15, -0.1) is 0 Å². The highest BCUT2D eigenvalue weighted by atomic mass is 35.5. The van der Waals surface area contributed by atoms with Crippen LogP contribution in [-0.4, -0.2) is 55.2 Å². The molecule has 1 saturated heterocycles. The number of rotatable bonds is 12. The van der Waals surface area contributed by atoms with E-state index in [2.05, 4.69) is 5.32 Å². The third-order valence-electron chi connectivity index (χ3n) is 6.46. The van der Waals surface area contributed by atoms with Crippen molar-refractivity contribution in [2.45, 2.75) is 32.2 Å². The summed E-state index contributed by atoms with van der Waals surface area (Å²) >= 11 is 12.0. The van der Waals surface area contributed by atoms with Gasteiger partial charge in [0.15, 0.2) is 16.6 Å². The molecule has 8 nitrogen and oxygen atoms in total. The summed E-state index contributed by atoms with van der Waals surface area (Å²) in [5, 5.41) is 3.69. The van der Waals surface area contributed by atoms with Crippen LogP contribution in [0, 0.1) is 0 Å². The van der Waals surface area contributed by atoms with Crippen molar-refractivity contribution in [2.75, 3.05) is 37.6 Å². The second-order valence-corrected chi connectivity index (χ2v) is 10.0. The Hall–Kier alpha value is -3.82. The van der Waals surface area contributed by atoms with Gasteiger partial charge < -0.3 is 24.4 Å². The molecule has 0 saturated carbocycles. The van der Waals surface area contributed by atoms with Crippen molar-refractivity contribution in [3.05, 3.63) is 77.3 Å². The van der Waals surface area contributed by atoms with E-state index in [0.29, 0.717) is 52.6 Å². The van der Waals surface area contributed by atoms with Crippen molar-refractivity contribution < 1.29 is 23.8 Å². The predicted octanol–water partition coefficient (Wildman–Crippen LogP) is 5.72.